The minimum Gasteiger partial charge on any atom is -0.489 e. The van der Waals surface area contributed by atoms with Gasteiger partial charge in [0.1, 0.15) is 12.4 Å². The summed E-state index contributed by atoms with van der Waals surface area (Å²) in [7, 11) is 0. The van der Waals surface area contributed by atoms with Gasteiger partial charge >= 0.3 is 0 Å². The number of aldehydes is 1. The summed E-state index contributed by atoms with van der Waals surface area (Å²) in [5, 5.41) is 0. The van der Waals surface area contributed by atoms with E-state index >= 15 is 0 Å². The molecule has 0 aromatic heterocycles. The molecule has 0 atom stereocenters. The molecule has 0 N–H and O–H groups in total. The van der Waals surface area contributed by atoms with Gasteiger partial charge in [-0.3, -0.25) is 4.79 Å². The van der Waals surface area contributed by atoms with E-state index in [-0.39, 0.29) is 0 Å². The van der Waals surface area contributed by atoms with Crippen LogP contribution in [-0.2, 0) is 6.61 Å². The largest absolute Gasteiger partial charge is 0.489 e. The van der Waals surface area contributed by atoms with Gasteiger partial charge < -0.3 is 4.74 Å². The van der Waals surface area contributed by atoms with Gasteiger partial charge in [0, 0.05) is 10.5 Å². The van der Waals surface area contributed by atoms with Gasteiger partial charge in [0.15, 0.2) is 6.29 Å². The molecule has 0 amide bonds. The Morgan fingerprint density at radius 3 is 2.63 bits per heavy atom. The number of hydrogen-bond donors (Lipinski definition) is 0. The molecule has 98 valence electrons. The molecule has 0 bridgehead atoms. The Hall–Kier alpha value is -1.74. The van der Waals surface area contributed by atoms with Gasteiger partial charge in [0.2, 0.25) is 0 Å². The molecule has 0 fully saturated rings. The Bertz CT molecular complexity index is 538. The molecule has 19 heavy (non-hydrogen) atoms. The van der Waals surface area contributed by atoms with Crippen molar-refractivity contribution in [1.82, 2.24) is 0 Å². The minimum atomic E-state index is 0.513. The first-order valence-electron chi connectivity index (χ1n) is 6.22. The third kappa shape index (κ3) is 3.86. The Morgan fingerprint density at radius 1 is 1.16 bits per heavy atom. The molecular formula is C16H16O2S. The van der Waals surface area contributed by atoms with Crippen molar-refractivity contribution >= 4 is 18.0 Å². The zero-order valence-electron chi connectivity index (χ0n) is 10.8. The van der Waals surface area contributed by atoms with E-state index in [1.807, 2.05) is 42.5 Å². The van der Waals surface area contributed by atoms with Crippen molar-refractivity contribution < 1.29 is 9.53 Å². The monoisotopic (exact) mass is 272 g/mol. The molecule has 0 saturated heterocycles. The first-order chi connectivity index (χ1) is 9.33. The smallest absolute Gasteiger partial charge is 0.151 e. The number of benzene rings is 2. The van der Waals surface area contributed by atoms with E-state index in [1.165, 1.54) is 0 Å². The zero-order chi connectivity index (χ0) is 13.5. The average molecular weight is 272 g/mol. The lowest BCUT2D eigenvalue weighted by molar-refractivity contribution is 0.112. The molecule has 0 spiro atoms. The molecule has 0 aliphatic heterocycles. The fraction of sp³-hybridized carbons (Fsp3) is 0.188. The second-order valence-electron chi connectivity index (χ2n) is 4.02. The predicted octanol–water partition coefficient (Wildman–Crippen LogP) is 4.19. The first kappa shape index (κ1) is 13.7. The first-order valence-corrected chi connectivity index (χ1v) is 7.20. The van der Waals surface area contributed by atoms with Gasteiger partial charge in [-0.2, -0.15) is 0 Å². The molecule has 0 heterocycles. The van der Waals surface area contributed by atoms with Crippen molar-refractivity contribution in [3.05, 3.63) is 59.7 Å². The van der Waals surface area contributed by atoms with E-state index in [0.717, 1.165) is 28.2 Å². The summed E-state index contributed by atoms with van der Waals surface area (Å²) in [6.07, 6.45) is 0.882. The summed E-state index contributed by atoms with van der Waals surface area (Å²) in [5.41, 5.74) is 1.81. The third-order valence-corrected chi connectivity index (χ3v) is 3.63. The normalized spacial score (nSPS) is 10.2. The minimum absolute atomic E-state index is 0.513. The van der Waals surface area contributed by atoms with Crippen molar-refractivity contribution in [1.29, 1.82) is 0 Å². The lowest BCUT2D eigenvalue weighted by Crippen LogP contribution is -1.96. The summed E-state index contributed by atoms with van der Waals surface area (Å²) in [5.74, 6) is 1.68. The molecule has 0 aliphatic rings. The van der Waals surface area contributed by atoms with E-state index in [0.29, 0.717) is 12.2 Å². The number of rotatable bonds is 6. The Labute approximate surface area is 117 Å². The standard InChI is InChI=1S/C16H16O2S/c1-2-19-16-9-8-15(10-14(16)11-17)18-12-13-6-4-3-5-7-13/h3-11H,2,12H2,1H3. The molecule has 0 aliphatic carbocycles. The molecular weight excluding hydrogens is 256 g/mol. The average Bonchev–Trinajstić information content (AvgIpc) is 2.47. The number of thioether (sulfide) groups is 1. The van der Waals surface area contributed by atoms with E-state index in [4.69, 9.17) is 4.74 Å². The molecule has 2 nitrogen and oxygen atoms in total. The van der Waals surface area contributed by atoms with Crippen LogP contribution in [0.2, 0.25) is 0 Å². The fourth-order valence-corrected chi connectivity index (χ4v) is 2.49. The molecule has 0 saturated carbocycles. The summed E-state index contributed by atoms with van der Waals surface area (Å²) >= 11 is 1.66. The van der Waals surface area contributed by atoms with Crippen molar-refractivity contribution in [2.75, 3.05) is 5.75 Å². The second kappa shape index (κ2) is 7.00. The Morgan fingerprint density at radius 2 is 1.95 bits per heavy atom. The predicted molar refractivity (Wildman–Crippen MR) is 79.0 cm³/mol. The lowest BCUT2D eigenvalue weighted by Gasteiger charge is -2.09. The van der Waals surface area contributed by atoms with Gasteiger partial charge in [0.25, 0.3) is 0 Å². The van der Waals surface area contributed by atoms with Gasteiger partial charge in [-0.1, -0.05) is 37.3 Å². The third-order valence-electron chi connectivity index (χ3n) is 2.66. The number of hydrogen-bond acceptors (Lipinski definition) is 3. The van der Waals surface area contributed by atoms with Crippen LogP contribution in [0, 0.1) is 0 Å². The molecule has 2 aromatic carbocycles. The van der Waals surface area contributed by atoms with Crippen LogP contribution in [0.25, 0.3) is 0 Å². The molecule has 0 unspecified atom stereocenters. The number of carbonyl (C=O) groups is 1. The summed E-state index contributed by atoms with van der Waals surface area (Å²) in [6.45, 7) is 2.58. The van der Waals surface area contributed by atoms with Crippen molar-refractivity contribution in [2.24, 2.45) is 0 Å². The maximum Gasteiger partial charge on any atom is 0.151 e. The zero-order valence-corrected chi connectivity index (χ0v) is 11.7. The maximum atomic E-state index is 11.1. The van der Waals surface area contributed by atoms with Crippen LogP contribution >= 0.6 is 11.8 Å². The molecule has 2 aromatic rings. The fourth-order valence-electron chi connectivity index (χ4n) is 1.74. The van der Waals surface area contributed by atoms with Crippen LogP contribution in [0.1, 0.15) is 22.8 Å². The quantitative estimate of drug-likeness (QED) is 0.582. The van der Waals surface area contributed by atoms with Crippen LogP contribution in [0.3, 0.4) is 0 Å². The Balaban J connectivity index is 2.07. The van der Waals surface area contributed by atoms with Gasteiger partial charge in [0.05, 0.1) is 0 Å². The van der Waals surface area contributed by atoms with E-state index in [9.17, 15) is 4.79 Å². The van der Waals surface area contributed by atoms with E-state index in [1.54, 1.807) is 17.8 Å². The van der Waals surface area contributed by atoms with Gasteiger partial charge in [-0.15, -0.1) is 11.8 Å². The van der Waals surface area contributed by atoms with Crippen molar-refractivity contribution in [3.8, 4) is 5.75 Å². The van der Waals surface area contributed by atoms with Crippen molar-refractivity contribution in [2.45, 2.75) is 18.4 Å². The van der Waals surface area contributed by atoms with Crippen LogP contribution < -0.4 is 4.74 Å². The summed E-state index contributed by atoms with van der Waals surface area (Å²) in [4.78, 5) is 12.1. The maximum absolute atomic E-state index is 11.1. The van der Waals surface area contributed by atoms with E-state index in [2.05, 4.69) is 6.92 Å². The highest BCUT2D eigenvalue weighted by molar-refractivity contribution is 7.99. The van der Waals surface area contributed by atoms with E-state index < -0.39 is 0 Å². The molecule has 2 rings (SSSR count). The van der Waals surface area contributed by atoms with Gasteiger partial charge in [-0.25, -0.2) is 0 Å². The summed E-state index contributed by atoms with van der Waals surface area (Å²) in [6, 6.07) is 15.6. The molecule has 3 heteroatoms. The number of ether oxygens (including phenoxy) is 1. The lowest BCUT2D eigenvalue weighted by atomic mass is 10.2. The Kier molecular flexibility index (Phi) is 5.04. The van der Waals surface area contributed by atoms with Crippen LogP contribution in [0.4, 0.5) is 0 Å². The highest BCUT2D eigenvalue weighted by atomic mass is 32.2. The number of carbonyl (C=O) groups excluding carboxylic acids is 1. The van der Waals surface area contributed by atoms with Gasteiger partial charge in [-0.05, 0) is 29.5 Å². The van der Waals surface area contributed by atoms with Crippen LogP contribution in [0.5, 0.6) is 5.75 Å². The second-order valence-corrected chi connectivity index (χ2v) is 5.33. The SMILES string of the molecule is CCSc1ccc(OCc2ccccc2)cc1C=O. The van der Waals surface area contributed by atoms with Crippen molar-refractivity contribution in [3.63, 3.8) is 0 Å². The van der Waals surface area contributed by atoms with Crippen LogP contribution in [-0.4, -0.2) is 12.0 Å². The molecule has 0 radical (unpaired) electrons. The topological polar surface area (TPSA) is 26.3 Å². The summed E-state index contributed by atoms with van der Waals surface area (Å²) < 4.78 is 5.70. The van der Waals surface area contributed by atoms with Crippen LogP contribution in [0.15, 0.2) is 53.4 Å². The highest BCUT2D eigenvalue weighted by Crippen LogP contribution is 2.25. The highest BCUT2D eigenvalue weighted by Gasteiger charge is 2.04.